The van der Waals surface area contributed by atoms with Gasteiger partial charge in [0, 0.05) is 0 Å². The van der Waals surface area contributed by atoms with E-state index in [0.717, 1.165) is 12.8 Å². The fourth-order valence-corrected chi connectivity index (χ4v) is 1.66. The first-order valence-electron chi connectivity index (χ1n) is 4.27. The number of carbonyl (C=O) groups is 1. The van der Waals surface area contributed by atoms with Crippen molar-refractivity contribution < 1.29 is 15.0 Å². The number of carboxylic acid groups (broad SMARTS) is 1. The van der Waals surface area contributed by atoms with Gasteiger partial charge < -0.3 is 15.9 Å². The van der Waals surface area contributed by atoms with Gasteiger partial charge in [-0.1, -0.05) is 0 Å². The second-order valence-electron chi connectivity index (χ2n) is 3.43. The van der Waals surface area contributed by atoms with E-state index < -0.39 is 12.0 Å². The van der Waals surface area contributed by atoms with Crippen molar-refractivity contribution >= 4 is 5.97 Å². The monoisotopic (exact) mass is 173 g/mol. The summed E-state index contributed by atoms with van der Waals surface area (Å²) >= 11 is 0. The van der Waals surface area contributed by atoms with Crippen molar-refractivity contribution in [2.75, 3.05) is 0 Å². The summed E-state index contributed by atoms with van der Waals surface area (Å²) in [5.41, 5.74) is 5.46. The summed E-state index contributed by atoms with van der Waals surface area (Å²) in [6.45, 7) is 0. The summed E-state index contributed by atoms with van der Waals surface area (Å²) in [5, 5.41) is 17.8. The lowest BCUT2D eigenvalue weighted by molar-refractivity contribution is -0.140. The van der Waals surface area contributed by atoms with Crippen LogP contribution in [0.3, 0.4) is 0 Å². The van der Waals surface area contributed by atoms with Crippen LogP contribution in [0.25, 0.3) is 0 Å². The number of aliphatic hydroxyl groups is 1. The van der Waals surface area contributed by atoms with Gasteiger partial charge >= 0.3 is 5.97 Å². The third-order valence-corrected chi connectivity index (χ3v) is 2.53. The van der Waals surface area contributed by atoms with E-state index in [4.69, 9.17) is 15.9 Å². The SMILES string of the molecule is NC(C(=O)O)C1CCC(O)CC1. The highest BCUT2D eigenvalue weighted by Crippen LogP contribution is 2.25. The summed E-state index contributed by atoms with van der Waals surface area (Å²) in [6, 6.07) is -0.752. The van der Waals surface area contributed by atoms with Crippen molar-refractivity contribution in [3.63, 3.8) is 0 Å². The van der Waals surface area contributed by atoms with E-state index >= 15 is 0 Å². The van der Waals surface area contributed by atoms with Gasteiger partial charge in [-0.15, -0.1) is 0 Å². The van der Waals surface area contributed by atoms with Crippen molar-refractivity contribution in [2.45, 2.75) is 37.8 Å². The Hall–Kier alpha value is -0.610. The molecule has 0 aromatic heterocycles. The van der Waals surface area contributed by atoms with Gasteiger partial charge in [-0.25, -0.2) is 0 Å². The van der Waals surface area contributed by atoms with Crippen molar-refractivity contribution in [3.8, 4) is 0 Å². The minimum atomic E-state index is -0.934. The molecule has 0 spiro atoms. The fraction of sp³-hybridized carbons (Fsp3) is 0.875. The molecule has 70 valence electrons. The molecule has 4 N–H and O–H groups in total. The lowest BCUT2D eigenvalue weighted by Crippen LogP contribution is -2.40. The van der Waals surface area contributed by atoms with Crippen molar-refractivity contribution in [3.05, 3.63) is 0 Å². The zero-order valence-corrected chi connectivity index (χ0v) is 6.94. The number of hydrogen-bond donors (Lipinski definition) is 3. The Morgan fingerprint density at radius 1 is 1.33 bits per heavy atom. The molecule has 4 heteroatoms. The predicted molar refractivity (Wildman–Crippen MR) is 43.6 cm³/mol. The molecule has 0 aromatic carbocycles. The van der Waals surface area contributed by atoms with Crippen LogP contribution >= 0.6 is 0 Å². The molecule has 0 saturated heterocycles. The summed E-state index contributed by atoms with van der Waals surface area (Å²) in [5.74, 6) is -0.887. The number of carboxylic acids is 1. The standard InChI is InChI=1S/C8H15NO3/c9-7(8(11)12)5-1-3-6(10)4-2-5/h5-7,10H,1-4,9H2,(H,11,12). The predicted octanol–water partition coefficient (Wildman–Crippen LogP) is -0.0506. The van der Waals surface area contributed by atoms with Crippen LogP contribution < -0.4 is 5.73 Å². The van der Waals surface area contributed by atoms with Gasteiger partial charge in [-0.05, 0) is 31.6 Å². The van der Waals surface area contributed by atoms with E-state index in [1.54, 1.807) is 0 Å². The summed E-state index contributed by atoms with van der Waals surface area (Å²) in [6.07, 6.45) is 2.59. The third kappa shape index (κ3) is 2.19. The maximum absolute atomic E-state index is 10.5. The van der Waals surface area contributed by atoms with Gasteiger partial charge in [-0.3, -0.25) is 4.79 Å². The van der Waals surface area contributed by atoms with Crippen LogP contribution in [0.5, 0.6) is 0 Å². The molecule has 1 unspecified atom stereocenters. The highest BCUT2D eigenvalue weighted by Gasteiger charge is 2.28. The topological polar surface area (TPSA) is 83.6 Å². The van der Waals surface area contributed by atoms with Gasteiger partial charge in [0.05, 0.1) is 6.10 Å². The molecule has 1 aliphatic carbocycles. The zero-order chi connectivity index (χ0) is 9.14. The fourth-order valence-electron chi connectivity index (χ4n) is 1.66. The average Bonchev–Trinajstić information content (AvgIpc) is 2.04. The Morgan fingerprint density at radius 3 is 2.25 bits per heavy atom. The second kappa shape index (κ2) is 3.87. The van der Waals surface area contributed by atoms with Crippen LogP contribution in [-0.2, 0) is 4.79 Å². The lowest BCUT2D eigenvalue weighted by atomic mass is 9.83. The smallest absolute Gasteiger partial charge is 0.320 e. The minimum absolute atomic E-state index is 0.0471. The molecule has 1 aliphatic rings. The van der Waals surface area contributed by atoms with E-state index in [1.165, 1.54) is 0 Å². The van der Waals surface area contributed by atoms with Gasteiger partial charge in [-0.2, -0.15) is 0 Å². The molecule has 12 heavy (non-hydrogen) atoms. The normalized spacial score (nSPS) is 32.8. The van der Waals surface area contributed by atoms with Crippen LogP contribution in [0.4, 0.5) is 0 Å². The van der Waals surface area contributed by atoms with E-state index in [-0.39, 0.29) is 12.0 Å². The average molecular weight is 173 g/mol. The first-order chi connectivity index (χ1) is 5.61. The summed E-state index contributed by atoms with van der Waals surface area (Å²) < 4.78 is 0. The highest BCUT2D eigenvalue weighted by molar-refractivity contribution is 5.73. The Balaban J connectivity index is 2.39. The molecule has 0 bridgehead atoms. The van der Waals surface area contributed by atoms with Crippen molar-refractivity contribution in [1.82, 2.24) is 0 Å². The second-order valence-corrected chi connectivity index (χ2v) is 3.43. The molecular weight excluding hydrogens is 158 g/mol. The maximum Gasteiger partial charge on any atom is 0.320 e. The molecule has 0 aromatic rings. The first-order valence-corrected chi connectivity index (χ1v) is 4.27. The van der Waals surface area contributed by atoms with Crippen LogP contribution in [0.15, 0.2) is 0 Å². The largest absolute Gasteiger partial charge is 0.480 e. The number of rotatable bonds is 2. The van der Waals surface area contributed by atoms with Crippen LogP contribution in [0.1, 0.15) is 25.7 Å². The number of hydrogen-bond acceptors (Lipinski definition) is 3. The number of aliphatic hydroxyl groups excluding tert-OH is 1. The third-order valence-electron chi connectivity index (χ3n) is 2.53. The lowest BCUT2D eigenvalue weighted by Gasteiger charge is -2.27. The molecule has 0 heterocycles. The van der Waals surface area contributed by atoms with E-state index in [1.807, 2.05) is 0 Å². The molecule has 0 aliphatic heterocycles. The highest BCUT2D eigenvalue weighted by atomic mass is 16.4. The quantitative estimate of drug-likeness (QED) is 0.546. The van der Waals surface area contributed by atoms with E-state index in [0.29, 0.717) is 12.8 Å². The number of nitrogens with two attached hydrogens (primary N) is 1. The molecule has 1 atom stereocenters. The summed E-state index contributed by atoms with van der Waals surface area (Å²) in [7, 11) is 0. The Morgan fingerprint density at radius 2 is 1.83 bits per heavy atom. The first kappa shape index (κ1) is 9.48. The molecular formula is C8H15NO3. The molecule has 1 rings (SSSR count). The van der Waals surface area contributed by atoms with E-state index in [2.05, 4.69) is 0 Å². The molecule has 1 fully saturated rings. The molecule has 1 saturated carbocycles. The van der Waals surface area contributed by atoms with Gasteiger partial charge in [0.2, 0.25) is 0 Å². The van der Waals surface area contributed by atoms with Crippen LogP contribution in [0.2, 0.25) is 0 Å². The summed E-state index contributed by atoms with van der Waals surface area (Å²) in [4.78, 5) is 10.5. The maximum atomic E-state index is 10.5. The number of aliphatic carboxylic acids is 1. The van der Waals surface area contributed by atoms with E-state index in [9.17, 15) is 4.79 Å². The van der Waals surface area contributed by atoms with Crippen molar-refractivity contribution in [1.29, 1.82) is 0 Å². The van der Waals surface area contributed by atoms with Gasteiger partial charge in [0.25, 0.3) is 0 Å². The van der Waals surface area contributed by atoms with Crippen molar-refractivity contribution in [2.24, 2.45) is 11.7 Å². The molecule has 0 amide bonds. The Labute approximate surface area is 71.4 Å². The minimum Gasteiger partial charge on any atom is -0.480 e. The van der Waals surface area contributed by atoms with Crippen LogP contribution in [-0.4, -0.2) is 28.3 Å². The Bertz CT molecular complexity index is 164. The zero-order valence-electron chi connectivity index (χ0n) is 6.94. The van der Waals surface area contributed by atoms with Gasteiger partial charge in [0.1, 0.15) is 6.04 Å². The Kier molecular flexibility index (Phi) is 3.05. The molecule has 0 radical (unpaired) electrons. The van der Waals surface area contributed by atoms with Gasteiger partial charge in [0.15, 0.2) is 0 Å². The van der Waals surface area contributed by atoms with Crippen LogP contribution in [0, 0.1) is 5.92 Å². The molecule has 4 nitrogen and oxygen atoms in total.